The molecular weight excluding hydrogens is 319 g/mol. The number of hydrogen-bond donors (Lipinski definition) is 2. The highest BCUT2D eigenvalue weighted by molar-refractivity contribution is 6.04. The Morgan fingerprint density at radius 3 is 2.56 bits per heavy atom. The van der Waals surface area contributed by atoms with Crippen molar-refractivity contribution in [2.45, 2.75) is 13.3 Å². The van der Waals surface area contributed by atoms with Gasteiger partial charge in [0, 0.05) is 23.8 Å². The van der Waals surface area contributed by atoms with Crippen LogP contribution in [0.25, 0.3) is 0 Å². The molecule has 0 radical (unpaired) electrons. The van der Waals surface area contributed by atoms with Crippen LogP contribution in [0.3, 0.4) is 0 Å². The van der Waals surface area contributed by atoms with Crippen LogP contribution in [-0.4, -0.2) is 15.9 Å². The maximum Gasteiger partial charge on any atom is 0.258 e. The number of anilines is 3. The largest absolute Gasteiger partial charge is 0.324 e. The monoisotopic (exact) mass is 336 g/mol. The molecule has 0 aliphatic rings. The van der Waals surface area contributed by atoms with Crippen LogP contribution in [0.15, 0.2) is 60.9 Å². The average Bonchev–Trinajstić information content (AvgIpc) is 2.63. The van der Waals surface area contributed by atoms with Gasteiger partial charge in [-0.25, -0.2) is 14.4 Å². The van der Waals surface area contributed by atoms with Gasteiger partial charge in [-0.1, -0.05) is 31.2 Å². The molecule has 5 nitrogen and oxygen atoms in total. The second-order valence-electron chi connectivity index (χ2n) is 5.40. The summed E-state index contributed by atoms with van der Waals surface area (Å²) in [6.45, 7) is 2.03. The minimum absolute atomic E-state index is 0.279. The molecule has 1 heterocycles. The normalized spacial score (nSPS) is 10.3. The average molecular weight is 336 g/mol. The van der Waals surface area contributed by atoms with Gasteiger partial charge in [0.25, 0.3) is 5.91 Å². The van der Waals surface area contributed by atoms with Crippen molar-refractivity contribution in [2.75, 3.05) is 10.6 Å². The lowest BCUT2D eigenvalue weighted by atomic mass is 10.1. The number of nitrogens with one attached hydrogen (secondary N) is 2. The first kappa shape index (κ1) is 16.6. The Labute approximate surface area is 145 Å². The van der Waals surface area contributed by atoms with Crippen molar-refractivity contribution in [3.05, 3.63) is 77.9 Å². The molecular formula is C19H17FN4O. The molecule has 0 saturated heterocycles. The van der Waals surface area contributed by atoms with Crippen molar-refractivity contribution in [1.82, 2.24) is 9.97 Å². The molecule has 6 heteroatoms. The van der Waals surface area contributed by atoms with E-state index in [0.717, 1.165) is 17.7 Å². The molecule has 0 bridgehead atoms. The zero-order valence-corrected chi connectivity index (χ0v) is 13.7. The number of nitrogens with zero attached hydrogens (tertiary/aromatic N) is 2. The number of para-hydroxylation sites is 1. The summed E-state index contributed by atoms with van der Waals surface area (Å²) in [5, 5.41) is 5.75. The van der Waals surface area contributed by atoms with Gasteiger partial charge in [0.15, 0.2) is 0 Å². The SMILES string of the molecule is CCc1ccccc1NC(=O)c1cnc(Nc2cccc(F)c2)nc1. The van der Waals surface area contributed by atoms with Crippen molar-refractivity contribution in [3.8, 4) is 0 Å². The molecule has 0 aliphatic heterocycles. The smallest absolute Gasteiger partial charge is 0.258 e. The van der Waals surface area contributed by atoms with Gasteiger partial charge in [-0.3, -0.25) is 4.79 Å². The van der Waals surface area contributed by atoms with Crippen LogP contribution in [0, 0.1) is 5.82 Å². The van der Waals surface area contributed by atoms with E-state index >= 15 is 0 Å². The molecule has 25 heavy (non-hydrogen) atoms. The van der Waals surface area contributed by atoms with Crippen molar-refractivity contribution in [2.24, 2.45) is 0 Å². The highest BCUT2D eigenvalue weighted by Gasteiger charge is 2.10. The number of carbonyl (C=O) groups is 1. The standard InChI is InChI=1S/C19H17FN4O/c1-2-13-6-3-4-9-17(13)24-18(25)14-11-21-19(22-12-14)23-16-8-5-7-15(20)10-16/h3-12H,2H2,1H3,(H,24,25)(H,21,22,23). The summed E-state index contributed by atoms with van der Waals surface area (Å²) in [4.78, 5) is 20.5. The third-order valence-electron chi connectivity index (χ3n) is 3.64. The first-order valence-corrected chi connectivity index (χ1v) is 7.89. The van der Waals surface area contributed by atoms with Crippen LogP contribution in [0.1, 0.15) is 22.8 Å². The molecule has 2 aromatic carbocycles. The van der Waals surface area contributed by atoms with Crippen molar-refractivity contribution in [3.63, 3.8) is 0 Å². The maximum absolute atomic E-state index is 13.2. The molecule has 3 rings (SSSR count). The number of aromatic nitrogens is 2. The Hall–Kier alpha value is -3.28. The highest BCUT2D eigenvalue weighted by atomic mass is 19.1. The number of carbonyl (C=O) groups excluding carboxylic acids is 1. The van der Waals surface area contributed by atoms with Crippen molar-refractivity contribution in [1.29, 1.82) is 0 Å². The van der Waals surface area contributed by atoms with Crippen LogP contribution in [-0.2, 0) is 6.42 Å². The highest BCUT2D eigenvalue weighted by Crippen LogP contribution is 2.17. The Morgan fingerprint density at radius 2 is 1.84 bits per heavy atom. The van der Waals surface area contributed by atoms with Crippen LogP contribution >= 0.6 is 0 Å². The van der Waals surface area contributed by atoms with E-state index in [1.807, 2.05) is 31.2 Å². The fourth-order valence-corrected chi connectivity index (χ4v) is 2.35. The fraction of sp³-hybridized carbons (Fsp3) is 0.105. The predicted octanol–water partition coefficient (Wildman–Crippen LogP) is 4.17. The third-order valence-corrected chi connectivity index (χ3v) is 3.64. The minimum atomic E-state index is -0.351. The number of hydrogen-bond acceptors (Lipinski definition) is 4. The number of benzene rings is 2. The van der Waals surface area contributed by atoms with E-state index in [9.17, 15) is 9.18 Å². The van der Waals surface area contributed by atoms with E-state index in [1.54, 1.807) is 12.1 Å². The van der Waals surface area contributed by atoms with E-state index < -0.39 is 0 Å². The Bertz CT molecular complexity index is 881. The van der Waals surface area contributed by atoms with Gasteiger partial charge < -0.3 is 10.6 Å². The van der Waals surface area contributed by atoms with Crippen LogP contribution in [0.5, 0.6) is 0 Å². The number of rotatable bonds is 5. The Balaban J connectivity index is 1.70. The molecule has 0 spiro atoms. The van der Waals surface area contributed by atoms with Crippen LogP contribution < -0.4 is 10.6 Å². The lowest BCUT2D eigenvalue weighted by Crippen LogP contribution is -2.14. The zero-order chi connectivity index (χ0) is 17.6. The lowest BCUT2D eigenvalue weighted by Gasteiger charge is -2.10. The van der Waals surface area contributed by atoms with Gasteiger partial charge in [-0.15, -0.1) is 0 Å². The molecule has 3 aromatic rings. The summed E-state index contributed by atoms with van der Waals surface area (Å²) >= 11 is 0. The maximum atomic E-state index is 13.2. The number of halogens is 1. The van der Waals surface area contributed by atoms with Gasteiger partial charge >= 0.3 is 0 Å². The minimum Gasteiger partial charge on any atom is -0.324 e. The van der Waals surface area contributed by atoms with E-state index in [4.69, 9.17) is 0 Å². The summed E-state index contributed by atoms with van der Waals surface area (Å²) in [6, 6.07) is 13.6. The van der Waals surface area contributed by atoms with Gasteiger partial charge in [0.2, 0.25) is 5.95 Å². The van der Waals surface area contributed by atoms with Gasteiger partial charge in [0.1, 0.15) is 5.82 Å². The second kappa shape index (κ2) is 7.53. The van der Waals surface area contributed by atoms with E-state index in [0.29, 0.717) is 11.3 Å². The zero-order valence-electron chi connectivity index (χ0n) is 13.7. The first-order chi connectivity index (χ1) is 12.2. The molecule has 1 aromatic heterocycles. The summed E-state index contributed by atoms with van der Waals surface area (Å²) in [6.07, 6.45) is 3.68. The molecule has 0 unspecified atom stereocenters. The van der Waals surface area contributed by atoms with Crippen LogP contribution in [0.2, 0.25) is 0 Å². The summed E-state index contributed by atoms with van der Waals surface area (Å²) in [7, 11) is 0. The summed E-state index contributed by atoms with van der Waals surface area (Å²) < 4.78 is 13.2. The molecule has 126 valence electrons. The third kappa shape index (κ3) is 4.17. The first-order valence-electron chi connectivity index (χ1n) is 7.89. The van der Waals surface area contributed by atoms with Crippen molar-refractivity contribution >= 4 is 23.2 Å². The lowest BCUT2D eigenvalue weighted by molar-refractivity contribution is 0.102. The summed E-state index contributed by atoms with van der Waals surface area (Å²) in [5.41, 5.74) is 2.71. The second-order valence-corrected chi connectivity index (χ2v) is 5.40. The van der Waals surface area contributed by atoms with Crippen molar-refractivity contribution < 1.29 is 9.18 Å². The van der Waals surface area contributed by atoms with Crippen LogP contribution in [0.4, 0.5) is 21.7 Å². The molecule has 1 amide bonds. The molecule has 2 N–H and O–H groups in total. The topological polar surface area (TPSA) is 66.9 Å². The molecule has 0 saturated carbocycles. The fourth-order valence-electron chi connectivity index (χ4n) is 2.35. The Morgan fingerprint density at radius 1 is 1.08 bits per heavy atom. The molecule has 0 atom stereocenters. The molecule has 0 fully saturated rings. The van der Waals surface area contributed by atoms with E-state index in [2.05, 4.69) is 20.6 Å². The van der Waals surface area contributed by atoms with E-state index in [-0.39, 0.29) is 17.7 Å². The number of aryl methyl sites for hydroxylation is 1. The summed E-state index contributed by atoms with van der Waals surface area (Å²) in [5.74, 6) is -0.343. The quantitative estimate of drug-likeness (QED) is 0.734. The van der Waals surface area contributed by atoms with E-state index in [1.165, 1.54) is 24.5 Å². The number of amides is 1. The van der Waals surface area contributed by atoms with Gasteiger partial charge in [-0.05, 0) is 36.2 Å². The predicted molar refractivity (Wildman–Crippen MR) is 95.5 cm³/mol. The van der Waals surface area contributed by atoms with Gasteiger partial charge in [-0.2, -0.15) is 0 Å². The Kier molecular flexibility index (Phi) is 4.99. The van der Waals surface area contributed by atoms with Gasteiger partial charge in [0.05, 0.1) is 5.56 Å². The molecule has 0 aliphatic carbocycles.